The molecule has 0 aliphatic carbocycles. The van der Waals surface area contributed by atoms with Gasteiger partial charge in [-0.1, -0.05) is 6.07 Å². The lowest BCUT2D eigenvalue weighted by atomic mass is 10.2. The van der Waals surface area contributed by atoms with Crippen LogP contribution in [0, 0.1) is 6.92 Å². The number of hydrogen-bond acceptors (Lipinski definition) is 4. The number of nitrogens with one attached hydrogen (secondary N) is 1. The van der Waals surface area contributed by atoms with Crippen LogP contribution in [0.25, 0.3) is 0 Å². The first-order valence-electron chi connectivity index (χ1n) is 7.28. The highest BCUT2D eigenvalue weighted by molar-refractivity contribution is 9.10. The molecule has 22 heavy (non-hydrogen) atoms. The van der Waals surface area contributed by atoms with E-state index < -0.39 is 0 Å². The third kappa shape index (κ3) is 3.27. The first kappa shape index (κ1) is 15.0. The zero-order valence-electron chi connectivity index (χ0n) is 12.3. The number of hydrogen-bond donors (Lipinski definition) is 1. The Bertz CT molecular complexity index is 698. The Kier molecular flexibility index (Phi) is 4.38. The Balaban J connectivity index is 1.78. The van der Waals surface area contributed by atoms with Crippen molar-refractivity contribution in [2.75, 3.05) is 23.3 Å². The van der Waals surface area contributed by atoms with Gasteiger partial charge in [0.1, 0.15) is 17.8 Å². The minimum atomic E-state index is -0.229. The lowest BCUT2D eigenvalue weighted by Gasteiger charge is -2.16. The van der Waals surface area contributed by atoms with Gasteiger partial charge in [0.25, 0.3) is 5.91 Å². The maximum Gasteiger partial charge on any atom is 0.274 e. The molecule has 0 atom stereocenters. The number of carbonyl (C=O) groups is 1. The van der Waals surface area contributed by atoms with Crippen LogP contribution in [-0.2, 0) is 0 Å². The number of anilines is 2. The maximum atomic E-state index is 12.4. The average Bonchev–Trinajstić information content (AvgIpc) is 3.04. The fourth-order valence-corrected chi connectivity index (χ4v) is 3.09. The van der Waals surface area contributed by atoms with E-state index >= 15 is 0 Å². The van der Waals surface area contributed by atoms with E-state index in [1.165, 1.54) is 19.2 Å². The van der Waals surface area contributed by atoms with Crippen molar-refractivity contribution in [2.24, 2.45) is 0 Å². The highest BCUT2D eigenvalue weighted by Crippen LogP contribution is 2.24. The summed E-state index contributed by atoms with van der Waals surface area (Å²) in [4.78, 5) is 22.9. The van der Waals surface area contributed by atoms with Gasteiger partial charge in [-0.15, -0.1) is 0 Å². The summed E-state index contributed by atoms with van der Waals surface area (Å²) in [6, 6.07) is 7.55. The van der Waals surface area contributed by atoms with E-state index in [9.17, 15) is 4.79 Å². The highest BCUT2D eigenvalue weighted by Gasteiger charge is 2.16. The number of carbonyl (C=O) groups excluding carboxylic acids is 1. The lowest BCUT2D eigenvalue weighted by molar-refractivity contribution is 0.102. The van der Waals surface area contributed by atoms with Gasteiger partial charge < -0.3 is 10.2 Å². The third-order valence-electron chi connectivity index (χ3n) is 3.69. The van der Waals surface area contributed by atoms with Gasteiger partial charge in [0.05, 0.1) is 5.69 Å². The zero-order chi connectivity index (χ0) is 15.5. The van der Waals surface area contributed by atoms with Gasteiger partial charge in [-0.2, -0.15) is 0 Å². The van der Waals surface area contributed by atoms with Crippen molar-refractivity contribution in [1.82, 2.24) is 9.97 Å². The molecule has 1 aliphatic heterocycles. The quantitative estimate of drug-likeness (QED) is 0.911. The minimum Gasteiger partial charge on any atom is -0.357 e. The number of rotatable bonds is 3. The molecular weight excluding hydrogens is 344 g/mol. The first-order valence-corrected chi connectivity index (χ1v) is 8.07. The van der Waals surface area contributed by atoms with Crippen LogP contribution in [0.15, 0.2) is 35.1 Å². The Morgan fingerprint density at radius 1 is 1.23 bits per heavy atom. The van der Waals surface area contributed by atoms with Crippen LogP contribution in [0.3, 0.4) is 0 Å². The molecule has 2 aromatic rings. The molecule has 0 spiro atoms. The highest BCUT2D eigenvalue weighted by atomic mass is 79.9. The van der Waals surface area contributed by atoms with Gasteiger partial charge in [-0.05, 0) is 53.4 Å². The molecule has 2 heterocycles. The predicted octanol–water partition coefficient (Wildman–Crippen LogP) is 3.40. The fraction of sp³-hybridized carbons (Fsp3) is 0.312. The van der Waals surface area contributed by atoms with Gasteiger partial charge in [0.2, 0.25) is 0 Å². The molecule has 0 radical (unpaired) electrons. The molecule has 1 aromatic carbocycles. The zero-order valence-corrected chi connectivity index (χ0v) is 13.9. The number of benzene rings is 1. The molecular formula is C16H17BrN4O. The van der Waals surface area contributed by atoms with Crippen molar-refractivity contribution in [3.63, 3.8) is 0 Å². The van der Waals surface area contributed by atoms with E-state index in [0.717, 1.165) is 34.6 Å². The molecule has 114 valence electrons. The van der Waals surface area contributed by atoms with E-state index in [0.29, 0.717) is 5.69 Å². The molecule has 1 N–H and O–H groups in total. The van der Waals surface area contributed by atoms with Gasteiger partial charge in [0, 0.05) is 23.6 Å². The summed E-state index contributed by atoms with van der Waals surface area (Å²) >= 11 is 3.46. The summed E-state index contributed by atoms with van der Waals surface area (Å²) in [5.41, 5.74) is 2.24. The van der Waals surface area contributed by atoms with Crippen LogP contribution in [0.4, 0.5) is 11.5 Å². The van der Waals surface area contributed by atoms with Gasteiger partial charge in [-0.3, -0.25) is 4.79 Å². The van der Waals surface area contributed by atoms with Crippen molar-refractivity contribution in [1.29, 1.82) is 0 Å². The minimum absolute atomic E-state index is 0.229. The van der Waals surface area contributed by atoms with E-state index in [2.05, 4.69) is 36.1 Å². The molecule has 0 unspecified atom stereocenters. The molecule has 3 rings (SSSR count). The first-order chi connectivity index (χ1) is 10.6. The van der Waals surface area contributed by atoms with Crippen molar-refractivity contribution >= 4 is 33.3 Å². The number of aryl methyl sites for hydroxylation is 1. The van der Waals surface area contributed by atoms with Crippen LogP contribution < -0.4 is 10.2 Å². The van der Waals surface area contributed by atoms with Crippen LogP contribution >= 0.6 is 15.9 Å². The summed E-state index contributed by atoms with van der Waals surface area (Å²) < 4.78 is 0.856. The van der Waals surface area contributed by atoms with E-state index in [1.54, 1.807) is 6.07 Å². The van der Waals surface area contributed by atoms with Crippen molar-refractivity contribution in [2.45, 2.75) is 19.8 Å². The number of halogens is 1. The molecule has 6 heteroatoms. The lowest BCUT2D eigenvalue weighted by Crippen LogP contribution is -2.21. The largest absolute Gasteiger partial charge is 0.357 e. The second-order valence-electron chi connectivity index (χ2n) is 5.39. The van der Waals surface area contributed by atoms with Crippen LogP contribution in [-0.4, -0.2) is 29.0 Å². The van der Waals surface area contributed by atoms with Gasteiger partial charge in [0.15, 0.2) is 0 Å². The fourth-order valence-electron chi connectivity index (χ4n) is 2.50. The van der Waals surface area contributed by atoms with E-state index in [1.807, 2.05) is 25.1 Å². The van der Waals surface area contributed by atoms with Crippen LogP contribution in [0.5, 0.6) is 0 Å². The second-order valence-corrected chi connectivity index (χ2v) is 6.25. The monoisotopic (exact) mass is 360 g/mol. The number of amides is 1. The summed E-state index contributed by atoms with van der Waals surface area (Å²) in [5.74, 6) is 0.591. The SMILES string of the molecule is Cc1ccc(NC(=O)c2cc(N3CCCC3)ncn2)c(Br)c1. The van der Waals surface area contributed by atoms with Crippen molar-refractivity contribution in [3.05, 3.63) is 46.3 Å². The molecule has 1 aliphatic rings. The smallest absolute Gasteiger partial charge is 0.274 e. The molecule has 5 nitrogen and oxygen atoms in total. The summed E-state index contributed by atoms with van der Waals surface area (Å²) in [5, 5.41) is 2.88. The Hall–Kier alpha value is -1.95. The number of aromatic nitrogens is 2. The van der Waals surface area contributed by atoms with E-state index in [4.69, 9.17) is 0 Å². The molecule has 0 saturated carbocycles. The summed E-state index contributed by atoms with van der Waals surface area (Å²) in [6.07, 6.45) is 3.79. The second kappa shape index (κ2) is 6.44. The third-order valence-corrected chi connectivity index (χ3v) is 4.34. The Labute approximate surface area is 137 Å². The van der Waals surface area contributed by atoms with Crippen molar-refractivity contribution in [3.8, 4) is 0 Å². The topological polar surface area (TPSA) is 58.1 Å². The summed E-state index contributed by atoms with van der Waals surface area (Å²) in [7, 11) is 0. The van der Waals surface area contributed by atoms with Crippen molar-refractivity contribution < 1.29 is 4.79 Å². The van der Waals surface area contributed by atoms with Gasteiger partial charge in [-0.25, -0.2) is 9.97 Å². The Morgan fingerprint density at radius 3 is 2.73 bits per heavy atom. The normalized spacial score (nSPS) is 14.2. The van der Waals surface area contributed by atoms with Crippen LogP contribution in [0.2, 0.25) is 0 Å². The molecule has 1 fully saturated rings. The molecule has 1 saturated heterocycles. The average molecular weight is 361 g/mol. The Morgan fingerprint density at radius 2 is 2.00 bits per heavy atom. The predicted molar refractivity (Wildman–Crippen MR) is 90.3 cm³/mol. The summed E-state index contributed by atoms with van der Waals surface area (Å²) in [6.45, 7) is 3.98. The molecule has 0 bridgehead atoms. The molecule has 1 amide bonds. The standard InChI is InChI=1S/C16H17BrN4O/c1-11-4-5-13(12(17)8-11)20-16(22)14-9-15(19-10-18-14)21-6-2-3-7-21/h4-5,8-10H,2-3,6-7H2,1H3,(H,20,22). The van der Waals surface area contributed by atoms with Crippen LogP contribution in [0.1, 0.15) is 28.9 Å². The molecule has 1 aromatic heterocycles. The van der Waals surface area contributed by atoms with E-state index in [-0.39, 0.29) is 5.91 Å². The van der Waals surface area contributed by atoms with Gasteiger partial charge >= 0.3 is 0 Å². The maximum absolute atomic E-state index is 12.4. The number of nitrogens with zero attached hydrogens (tertiary/aromatic N) is 3.